The van der Waals surface area contributed by atoms with Crippen molar-refractivity contribution in [3.8, 4) is 28.8 Å². The molecule has 0 aliphatic carbocycles. The summed E-state index contributed by atoms with van der Waals surface area (Å²) >= 11 is 0. The normalized spacial score (nSPS) is 10.3. The standard InChI is InChI=1S/C16H10F2N4O/c1-23-12-4-2-3-11(8-12)22-16(15(9-19)20-21-22)10-5-6-13(17)14(18)7-10/h2-8H,1H3. The van der Waals surface area contributed by atoms with E-state index in [2.05, 4.69) is 10.3 Å². The molecule has 0 saturated heterocycles. The molecule has 114 valence electrons. The molecular formula is C16H10F2N4O. The van der Waals surface area contributed by atoms with Crippen molar-refractivity contribution in [2.75, 3.05) is 7.11 Å². The van der Waals surface area contributed by atoms with Crippen molar-refractivity contribution in [3.63, 3.8) is 0 Å². The van der Waals surface area contributed by atoms with E-state index in [4.69, 9.17) is 4.74 Å². The Hall–Kier alpha value is -3.27. The van der Waals surface area contributed by atoms with Crippen LogP contribution in [0.5, 0.6) is 5.75 Å². The molecular weight excluding hydrogens is 302 g/mol. The minimum absolute atomic E-state index is 0.0128. The van der Waals surface area contributed by atoms with E-state index in [0.717, 1.165) is 12.1 Å². The summed E-state index contributed by atoms with van der Waals surface area (Å²) in [6, 6.07) is 12.2. The van der Waals surface area contributed by atoms with Crippen LogP contribution < -0.4 is 4.74 Å². The molecule has 0 amide bonds. The Morgan fingerprint density at radius 2 is 1.96 bits per heavy atom. The van der Waals surface area contributed by atoms with Gasteiger partial charge in [0, 0.05) is 11.6 Å². The number of hydrogen-bond donors (Lipinski definition) is 0. The molecule has 0 unspecified atom stereocenters. The van der Waals surface area contributed by atoms with E-state index in [1.54, 1.807) is 24.3 Å². The van der Waals surface area contributed by atoms with Gasteiger partial charge < -0.3 is 4.74 Å². The fourth-order valence-corrected chi connectivity index (χ4v) is 2.18. The second kappa shape index (κ2) is 5.85. The number of nitriles is 1. The van der Waals surface area contributed by atoms with Gasteiger partial charge in [0.2, 0.25) is 0 Å². The van der Waals surface area contributed by atoms with Gasteiger partial charge in [-0.05, 0) is 30.3 Å². The first kappa shape index (κ1) is 14.7. The van der Waals surface area contributed by atoms with Crippen LogP contribution in [-0.2, 0) is 0 Å². The number of hydrogen-bond acceptors (Lipinski definition) is 4. The predicted molar refractivity (Wildman–Crippen MR) is 78.0 cm³/mol. The third kappa shape index (κ3) is 2.62. The van der Waals surface area contributed by atoms with E-state index in [9.17, 15) is 14.0 Å². The van der Waals surface area contributed by atoms with Crippen LogP contribution in [-0.4, -0.2) is 22.1 Å². The molecule has 0 bridgehead atoms. The minimum Gasteiger partial charge on any atom is -0.497 e. The summed E-state index contributed by atoms with van der Waals surface area (Å²) in [5, 5.41) is 16.9. The topological polar surface area (TPSA) is 63.7 Å². The zero-order valence-electron chi connectivity index (χ0n) is 12.0. The molecule has 3 aromatic rings. The molecule has 0 atom stereocenters. The van der Waals surface area contributed by atoms with Crippen molar-refractivity contribution in [1.82, 2.24) is 15.0 Å². The van der Waals surface area contributed by atoms with E-state index in [0.29, 0.717) is 17.0 Å². The molecule has 0 aliphatic rings. The summed E-state index contributed by atoms with van der Waals surface area (Å²) < 4.78 is 33.2. The highest BCUT2D eigenvalue weighted by molar-refractivity contribution is 5.67. The highest BCUT2D eigenvalue weighted by Gasteiger charge is 2.18. The van der Waals surface area contributed by atoms with Gasteiger partial charge in [-0.1, -0.05) is 11.3 Å². The van der Waals surface area contributed by atoms with Crippen molar-refractivity contribution in [3.05, 3.63) is 59.8 Å². The summed E-state index contributed by atoms with van der Waals surface area (Å²) in [6.07, 6.45) is 0. The SMILES string of the molecule is COc1cccc(-n2nnc(C#N)c2-c2ccc(F)c(F)c2)c1. The Morgan fingerprint density at radius 3 is 2.65 bits per heavy atom. The maximum Gasteiger partial charge on any atom is 0.191 e. The molecule has 2 aromatic carbocycles. The van der Waals surface area contributed by atoms with Crippen molar-refractivity contribution >= 4 is 0 Å². The molecule has 0 spiro atoms. The van der Waals surface area contributed by atoms with Gasteiger partial charge in [-0.15, -0.1) is 5.10 Å². The van der Waals surface area contributed by atoms with Gasteiger partial charge in [-0.25, -0.2) is 13.5 Å². The van der Waals surface area contributed by atoms with E-state index >= 15 is 0 Å². The number of methoxy groups -OCH3 is 1. The van der Waals surface area contributed by atoms with Gasteiger partial charge in [-0.3, -0.25) is 0 Å². The second-order valence-electron chi connectivity index (χ2n) is 4.64. The lowest BCUT2D eigenvalue weighted by atomic mass is 10.1. The number of aromatic nitrogens is 3. The number of halogens is 2. The number of benzene rings is 2. The Kier molecular flexibility index (Phi) is 3.73. The van der Waals surface area contributed by atoms with Crippen LogP contribution in [0.2, 0.25) is 0 Å². The molecule has 3 rings (SSSR count). The molecule has 1 aromatic heterocycles. The van der Waals surface area contributed by atoms with Gasteiger partial charge in [0.25, 0.3) is 0 Å². The first-order chi connectivity index (χ1) is 11.1. The number of nitrogens with zero attached hydrogens (tertiary/aromatic N) is 4. The van der Waals surface area contributed by atoms with E-state index in [1.807, 2.05) is 6.07 Å². The largest absolute Gasteiger partial charge is 0.497 e. The molecule has 0 aliphatic heterocycles. The predicted octanol–water partition coefficient (Wildman–Crippen LogP) is 3.09. The van der Waals surface area contributed by atoms with Crippen LogP contribution in [0.4, 0.5) is 8.78 Å². The average Bonchev–Trinajstić information content (AvgIpc) is 3.01. The summed E-state index contributed by atoms with van der Waals surface area (Å²) in [6.45, 7) is 0. The third-order valence-corrected chi connectivity index (χ3v) is 3.27. The third-order valence-electron chi connectivity index (χ3n) is 3.27. The summed E-state index contributed by atoms with van der Waals surface area (Å²) in [7, 11) is 1.53. The van der Waals surface area contributed by atoms with Gasteiger partial charge in [-0.2, -0.15) is 5.26 Å². The van der Waals surface area contributed by atoms with Crippen LogP contribution in [0.25, 0.3) is 16.9 Å². The van der Waals surface area contributed by atoms with Crippen molar-refractivity contribution in [2.45, 2.75) is 0 Å². The molecule has 7 heteroatoms. The summed E-state index contributed by atoms with van der Waals surface area (Å²) in [4.78, 5) is 0. The van der Waals surface area contributed by atoms with Crippen LogP contribution in [0.1, 0.15) is 5.69 Å². The van der Waals surface area contributed by atoms with Gasteiger partial charge >= 0.3 is 0 Å². The van der Waals surface area contributed by atoms with Crippen molar-refractivity contribution in [2.24, 2.45) is 0 Å². The fraction of sp³-hybridized carbons (Fsp3) is 0.0625. The van der Waals surface area contributed by atoms with Gasteiger partial charge in [0.15, 0.2) is 17.3 Å². The Morgan fingerprint density at radius 1 is 1.13 bits per heavy atom. The van der Waals surface area contributed by atoms with Crippen LogP contribution >= 0.6 is 0 Å². The van der Waals surface area contributed by atoms with Crippen LogP contribution in [0, 0.1) is 23.0 Å². The molecule has 0 fully saturated rings. The lowest BCUT2D eigenvalue weighted by Gasteiger charge is -2.08. The molecule has 0 saturated carbocycles. The monoisotopic (exact) mass is 312 g/mol. The summed E-state index contributed by atoms with van der Waals surface area (Å²) in [5.41, 5.74) is 1.17. The van der Waals surface area contributed by atoms with E-state index < -0.39 is 11.6 Å². The number of rotatable bonds is 3. The van der Waals surface area contributed by atoms with Gasteiger partial charge in [0.1, 0.15) is 17.5 Å². The molecule has 0 N–H and O–H groups in total. The maximum absolute atomic E-state index is 13.5. The Bertz CT molecular complexity index is 915. The Labute approximate surface area is 130 Å². The molecule has 23 heavy (non-hydrogen) atoms. The van der Waals surface area contributed by atoms with Crippen molar-refractivity contribution < 1.29 is 13.5 Å². The quantitative estimate of drug-likeness (QED) is 0.745. The van der Waals surface area contributed by atoms with E-state index in [-0.39, 0.29) is 11.4 Å². The fourth-order valence-electron chi connectivity index (χ4n) is 2.18. The Balaban J connectivity index is 2.21. The lowest BCUT2D eigenvalue weighted by Crippen LogP contribution is -2.01. The average molecular weight is 312 g/mol. The zero-order chi connectivity index (χ0) is 16.4. The highest BCUT2D eigenvalue weighted by atomic mass is 19.2. The van der Waals surface area contributed by atoms with Crippen LogP contribution in [0.3, 0.4) is 0 Å². The highest BCUT2D eigenvalue weighted by Crippen LogP contribution is 2.27. The first-order valence-corrected chi connectivity index (χ1v) is 6.59. The number of ether oxygens (including phenoxy) is 1. The van der Waals surface area contributed by atoms with E-state index in [1.165, 1.54) is 17.9 Å². The summed E-state index contributed by atoms with van der Waals surface area (Å²) in [5.74, 6) is -1.38. The lowest BCUT2D eigenvalue weighted by molar-refractivity contribution is 0.414. The van der Waals surface area contributed by atoms with Crippen LogP contribution in [0.15, 0.2) is 42.5 Å². The first-order valence-electron chi connectivity index (χ1n) is 6.59. The maximum atomic E-state index is 13.5. The molecule has 0 radical (unpaired) electrons. The minimum atomic E-state index is -1.01. The van der Waals surface area contributed by atoms with Crippen molar-refractivity contribution in [1.29, 1.82) is 5.26 Å². The smallest absolute Gasteiger partial charge is 0.191 e. The second-order valence-corrected chi connectivity index (χ2v) is 4.64. The van der Waals surface area contributed by atoms with Gasteiger partial charge in [0.05, 0.1) is 12.8 Å². The molecule has 5 nitrogen and oxygen atoms in total. The molecule has 1 heterocycles. The zero-order valence-corrected chi connectivity index (χ0v) is 12.0.